The average molecular weight is 282 g/mol. The summed E-state index contributed by atoms with van der Waals surface area (Å²) >= 11 is 0. The highest BCUT2D eigenvalue weighted by molar-refractivity contribution is 5.23. The van der Waals surface area contributed by atoms with Crippen molar-refractivity contribution in [1.82, 2.24) is 19.9 Å². The van der Waals surface area contributed by atoms with Crippen LogP contribution in [0.15, 0.2) is 29.3 Å². The van der Waals surface area contributed by atoms with Gasteiger partial charge in [-0.3, -0.25) is 14.7 Å². The van der Waals surface area contributed by atoms with Crippen LogP contribution in [0, 0.1) is 0 Å². The van der Waals surface area contributed by atoms with Crippen molar-refractivity contribution in [3.63, 3.8) is 0 Å². The van der Waals surface area contributed by atoms with Gasteiger partial charge in [-0.15, -0.1) is 0 Å². The first-order valence-electron chi connectivity index (χ1n) is 7.53. The van der Waals surface area contributed by atoms with Crippen molar-refractivity contribution in [1.29, 1.82) is 0 Å². The third kappa shape index (κ3) is 2.61. The molecule has 1 fully saturated rings. The second-order valence-corrected chi connectivity index (χ2v) is 5.97. The lowest BCUT2D eigenvalue weighted by Crippen LogP contribution is -2.35. The van der Waals surface area contributed by atoms with Gasteiger partial charge in [0.15, 0.2) is 0 Å². The standard InChI is InChI=1S/C16H18N4O/c21-16-13-5-7-20(9-11-2-1-6-17-8-11)10-14(13)18-15(19-16)12-3-4-12/h1-2,6,8,12H,3-5,7,9-10H2,(H,18,19,21). The Balaban J connectivity index is 1.57. The minimum atomic E-state index is 0.0722. The van der Waals surface area contributed by atoms with Gasteiger partial charge in [0, 0.05) is 43.5 Å². The maximum atomic E-state index is 12.2. The summed E-state index contributed by atoms with van der Waals surface area (Å²) in [5.74, 6) is 1.37. The molecule has 1 saturated carbocycles. The summed E-state index contributed by atoms with van der Waals surface area (Å²) in [5.41, 5.74) is 3.12. The predicted molar refractivity (Wildman–Crippen MR) is 78.9 cm³/mol. The fourth-order valence-electron chi connectivity index (χ4n) is 2.95. The monoisotopic (exact) mass is 282 g/mol. The highest BCUT2D eigenvalue weighted by Crippen LogP contribution is 2.37. The van der Waals surface area contributed by atoms with E-state index in [2.05, 4.69) is 20.9 Å². The molecular weight excluding hydrogens is 264 g/mol. The van der Waals surface area contributed by atoms with Crippen LogP contribution in [0.2, 0.25) is 0 Å². The minimum absolute atomic E-state index is 0.0722. The Morgan fingerprint density at radius 1 is 1.38 bits per heavy atom. The maximum Gasteiger partial charge on any atom is 0.254 e. The Kier molecular flexibility index (Phi) is 3.07. The van der Waals surface area contributed by atoms with E-state index >= 15 is 0 Å². The number of rotatable bonds is 3. The number of nitrogens with zero attached hydrogens (tertiary/aromatic N) is 3. The quantitative estimate of drug-likeness (QED) is 0.929. The first kappa shape index (κ1) is 12.7. The van der Waals surface area contributed by atoms with Crippen LogP contribution in [0.1, 0.15) is 41.4 Å². The third-order valence-corrected chi connectivity index (χ3v) is 4.26. The molecule has 0 amide bonds. The number of aromatic amines is 1. The molecule has 0 spiro atoms. The molecule has 1 N–H and O–H groups in total. The van der Waals surface area contributed by atoms with Crippen LogP contribution in [0.3, 0.4) is 0 Å². The Morgan fingerprint density at radius 2 is 2.29 bits per heavy atom. The molecule has 21 heavy (non-hydrogen) atoms. The van der Waals surface area contributed by atoms with Crippen LogP contribution in [-0.4, -0.2) is 26.4 Å². The highest BCUT2D eigenvalue weighted by atomic mass is 16.1. The average Bonchev–Trinajstić information content (AvgIpc) is 3.32. The number of hydrogen-bond donors (Lipinski definition) is 1. The lowest BCUT2D eigenvalue weighted by molar-refractivity contribution is 0.240. The number of aromatic nitrogens is 3. The molecule has 2 aromatic heterocycles. The number of hydrogen-bond acceptors (Lipinski definition) is 4. The van der Waals surface area contributed by atoms with Crippen molar-refractivity contribution in [3.05, 3.63) is 57.5 Å². The summed E-state index contributed by atoms with van der Waals surface area (Å²) in [6.45, 7) is 2.52. The Hall–Kier alpha value is -2.01. The van der Waals surface area contributed by atoms with Gasteiger partial charge in [0.05, 0.1) is 5.69 Å². The number of nitrogens with one attached hydrogen (secondary N) is 1. The van der Waals surface area contributed by atoms with Gasteiger partial charge < -0.3 is 4.98 Å². The van der Waals surface area contributed by atoms with Crippen LogP contribution in [-0.2, 0) is 19.5 Å². The minimum Gasteiger partial charge on any atom is -0.310 e. The highest BCUT2D eigenvalue weighted by Gasteiger charge is 2.29. The molecule has 2 aliphatic rings. The molecule has 0 aromatic carbocycles. The third-order valence-electron chi connectivity index (χ3n) is 4.26. The van der Waals surface area contributed by atoms with Crippen LogP contribution < -0.4 is 5.56 Å². The van der Waals surface area contributed by atoms with Gasteiger partial charge >= 0.3 is 0 Å². The van der Waals surface area contributed by atoms with Gasteiger partial charge in [0.1, 0.15) is 5.82 Å². The number of pyridine rings is 1. The summed E-state index contributed by atoms with van der Waals surface area (Å²) < 4.78 is 0. The van der Waals surface area contributed by atoms with Gasteiger partial charge in [0.2, 0.25) is 0 Å². The summed E-state index contributed by atoms with van der Waals surface area (Å²) in [6, 6.07) is 4.05. The molecule has 108 valence electrons. The van der Waals surface area contributed by atoms with E-state index in [4.69, 9.17) is 4.98 Å². The molecule has 1 aliphatic heterocycles. The van der Waals surface area contributed by atoms with Crippen molar-refractivity contribution in [2.75, 3.05) is 6.54 Å². The first-order chi connectivity index (χ1) is 10.3. The fourth-order valence-corrected chi connectivity index (χ4v) is 2.95. The van der Waals surface area contributed by atoms with Crippen LogP contribution in [0.25, 0.3) is 0 Å². The fraction of sp³-hybridized carbons (Fsp3) is 0.438. The van der Waals surface area contributed by atoms with Crippen molar-refractivity contribution < 1.29 is 0 Å². The number of H-pyrrole nitrogens is 1. The van der Waals surface area contributed by atoms with Crippen molar-refractivity contribution >= 4 is 0 Å². The Labute approximate surface area is 123 Å². The maximum absolute atomic E-state index is 12.2. The van der Waals surface area contributed by atoms with E-state index in [0.29, 0.717) is 5.92 Å². The Morgan fingerprint density at radius 3 is 3.05 bits per heavy atom. The van der Waals surface area contributed by atoms with E-state index in [0.717, 1.165) is 56.0 Å². The lowest BCUT2D eigenvalue weighted by atomic mass is 10.1. The SMILES string of the molecule is O=c1[nH]c(C2CC2)nc2c1CCN(Cc1cccnc1)C2. The van der Waals surface area contributed by atoms with Gasteiger partial charge in [-0.2, -0.15) is 0 Å². The van der Waals surface area contributed by atoms with Gasteiger partial charge in [-0.05, 0) is 30.9 Å². The normalized spacial score (nSPS) is 18.5. The largest absolute Gasteiger partial charge is 0.310 e. The molecule has 1 aliphatic carbocycles. The van der Waals surface area contributed by atoms with Gasteiger partial charge in [-0.25, -0.2) is 4.98 Å². The molecule has 5 heteroatoms. The lowest BCUT2D eigenvalue weighted by Gasteiger charge is -2.27. The second-order valence-electron chi connectivity index (χ2n) is 5.97. The molecule has 0 radical (unpaired) electrons. The molecule has 0 unspecified atom stereocenters. The summed E-state index contributed by atoms with van der Waals surface area (Å²) in [7, 11) is 0. The molecular formula is C16H18N4O. The van der Waals surface area contributed by atoms with E-state index in [1.54, 1.807) is 6.20 Å². The molecule has 4 rings (SSSR count). The predicted octanol–water partition coefficient (Wildman–Crippen LogP) is 1.60. The zero-order valence-corrected chi connectivity index (χ0v) is 11.9. The van der Waals surface area contributed by atoms with Crippen molar-refractivity contribution in [2.45, 2.75) is 38.3 Å². The number of fused-ring (bicyclic) bond motifs is 1. The first-order valence-corrected chi connectivity index (χ1v) is 7.53. The van der Waals surface area contributed by atoms with Crippen molar-refractivity contribution in [2.24, 2.45) is 0 Å². The Bertz CT molecular complexity index is 706. The van der Waals surface area contributed by atoms with E-state index in [9.17, 15) is 4.79 Å². The van der Waals surface area contributed by atoms with E-state index < -0.39 is 0 Å². The zero-order valence-electron chi connectivity index (χ0n) is 11.9. The summed E-state index contributed by atoms with van der Waals surface area (Å²) in [4.78, 5) is 26.3. The summed E-state index contributed by atoms with van der Waals surface area (Å²) in [6.07, 6.45) is 6.78. The molecule has 5 nitrogen and oxygen atoms in total. The smallest absolute Gasteiger partial charge is 0.254 e. The zero-order chi connectivity index (χ0) is 14.2. The van der Waals surface area contributed by atoms with Gasteiger partial charge in [0.25, 0.3) is 5.56 Å². The summed E-state index contributed by atoms with van der Waals surface area (Å²) in [5, 5.41) is 0. The van der Waals surface area contributed by atoms with Crippen LogP contribution >= 0.6 is 0 Å². The van der Waals surface area contributed by atoms with Crippen molar-refractivity contribution in [3.8, 4) is 0 Å². The molecule has 2 aromatic rings. The van der Waals surface area contributed by atoms with Crippen LogP contribution in [0.4, 0.5) is 0 Å². The van der Waals surface area contributed by atoms with E-state index in [-0.39, 0.29) is 5.56 Å². The molecule has 0 bridgehead atoms. The second kappa shape index (κ2) is 5.07. The molecule has 3 heterocycles. The van der Waals surface area contributed by atoms with E-state index in [1.165, 1.54) is 5.56 Å². The van der Waals surface area contributed by atoms with Crippen LogP contribution in [0.5, 0.6) is 0 Å². The van der Waals surface area contributed by atoms with Gasteiger partial charge in [-0.1, -0.05) is 6.07 Å². The molecule has 0 saturated heterocycles. The van der Waals surface area contributed by atoms with E-state index in [1.807, 2.05) is 12.3 Å². The molecule has 0 atom stereocenters. The topological polar surface area (TPSA) is 61.9 Å².